The number of rotatable bonds is 13. The molecule has 4 heterocycles. The first kappa shape index (κ1) is 44.3. The fraction of sp³-hybridized carbons (Fsp3) is 0.619. The number of halogens is 4. The number of carbonyl (C=O) groups is 4. The number of piperazine rings is 1. The van der Waals surface area contributed by atoms with Gasteiger partial charge in [0.05, 0.1) is 22.9 Å². The van der Waals surface area contributed by atoms with Crippen molar-refractivity contribution in [3.63, 3.8) is 0 Å². The number of piperidine rings is 2. The Morgan fingerprint density at radius 2 is 1.61 bits per heavy atom. The van der Waals surface area contributed by atoms with Gasteiger partial charge in [0.2, 0.25) is 0 Å². The van der Waals surface area contributed by atoms with Crippen LogP contribution in [0.2, 0.25) is 5.02 Å². The van der Waals surface area contributed by atoms with Crippen molar-refractivity contribution >= 4 is 47.0 Å². The molecular formula is C42H57ClF3N7O6. The molecule has 3 saturated heterocycles. The molecule has 0 aromatic heterocycles. The number of likely N-dealkylation sites (tertiary alicyclic amines) is 2. The van der Waals surface area contributed by atoms with Gasteiger partial charge >= 0.3 is 24.3 Å². The maximum atomic E-state index is 14.2. The van der Waals surface area contributed by atoms with Gasteiger partial charge in [0.25, 0.3) is 5.91 Å². The quantitative estimate of drug-likeness (QED) is 0.136. The Bertz CT molecular complexity index is 1780. The van der Waals surface area contributed by atoms with Crippen LogP contribution in [0.15, 0.2) is 36.4 Å². The van der Waals surface area contributed by atoms with Crippen molar-refractivity contribution < 1.29 is 41.8 Å². The molecule has 17 heteroatoms. The lowest BCUT2D eigenvalue weighted by Gasteiger charge is -2.43. The number of amides is 4. The van der Waals surface area contributed by atoms with Gasteiger partial charge in [-0.1, -0.05) is 43.1 Å². The zero-order valence-corrected chi connectivity index (χ0v) is 34.6. The number of unbranched alkanes of at least 4 members (excludes halogenated alkanes) is 1. The SMILES string of the molecule is CCCCOC(=O)CCCN1CCC(N2CCN(C(=O)[C@@H](Cc3cc(Cl)c(N)c(C(F)(F)F)c3)OC(=O)N3CCC(N4CCc5ccccc5NC4=O)CC3)CC2)CC1. The molecule has 3 N–H and O–H groups in total. The van der Waals surface area contributed by atoms with E-state index in [-0.39, 0.29) is 48.1 Å². The molecule has 13 nitrogen and oxygen atoms in total. The van der Waals surface area contributed by atoms with Crippen molar-refractivity contribution in [3.05, 3.63) is 58.1 Å². The number of anilines is 2. The van der Waals surface area contributed by atoms with E-state index in [1.165, 1.54) is 11.0 Å². The normalized spacial score (nSPS) is 19.5. The van der Waals surface area contributed by atoms with Gasteiger partial charge in [0, 0.05) is 76.4 Å². The minimum absolute atomic E-state index is 0.0633. The Hall–Kier alpha value is -4.28. The minimum atomic E-state index is -4.79. The highest BCUT2D eigenvalue weighted by molar-refractivity contribution is 6.33. The Balaban J connectivity index is 1.04. The van der Waals surface area contributed by atoms with Gasteiger partial charge in [-0.15, -0.1) is 0 Å². The van der Waals surface area contributed by atoms with Crippen LogP contribution >= 0.6 is 11.6 Å². The summed E-state index contributed by atoms with van der Waals surface area (Å²) in [6.07, 6.45) is -0.629. The van der Waals surface area contributed by atoms with Gasteiger partial charge in [-0.25, -0.2) is 9.59 Å². The lowest BCUT2D eigenvalue weighted by molar-refractivity contribution is -0.144. The second kappa shape index (κ2) is 20.3. The Kier molecular flexibility index (Phi) is 15.2. The van der Waals surface area contributed by atoms with Crippen LogP contribution in [-0.2, 0) is 38.1 Å². The van der Waals surface area contributed by atoms with Crippen LogP contribution in [0.5, 0.6) is 0 Å². The molecule has 0 radical (unpaired) electrons. The standard InChI is InChI=1S/C42H57ClF3N7O6/c1-2-3-25-58-37(54)9-6-15-49-16-11-31(12-17-49)50-21-23-51(24-22-50)39(55)36(28-29-26-33(42(44,45)46)38(47)34(43)27-29)59-41(57)52-18-13-32(14-19-52)53-20-10-30-7-4-5-8-35(30)48-40(53)56/h4-5,7-8,26-27,31-32,36H,2-3,6,9-25,28,47H2,1H3,(H,48,56)/t36-/m1/s1. The number of nitrogens with two attached hydrogens (primary N) is 1. The molecular weight excluding hydrogens is 791 g/mol. The lowest BCUT2D eigenvalue weighted by atomic mass is 10.0. The van der Waals surface area contributed by atoms with E-state index < -0.39 is 35.5 Å². The third-order valence-corrected chi connectivity index (χ3v) is 12.4. The minimum Gasteiger partial charge on any atom is -0.466 e. The number of urea groups is 1. The number of para-hydroxylation sites is 1. The number of hydrogen-bond donors (Lipinski definition) is 2. The first-order valence-corrected chi connectivity index (χ1v) is 21.4. The van der Waals surface area contributed by atoms with Gasteiger partial charge in [0.15, 0.2) is 6.10 Å². The summed E-state index contributed by atoms with van der Waals surface area (Å²) in [5.41, 5.74) is 5.86. The molecule has 4 amide bonds. The number of carbonyl (C=O) groups excluding carboxylic acids is 4. The summed E-state index contributed by atoms with van der Waals surface area (Å²) in [5, 5.41) is 2.68. The topological polar surface area (TPSA) is 141 Å². The highest BCUT2D eigenvalue weighted by atomic mass is 35.5. The smallest absolute Gasteiger partial charge is 0.418 e. The Morgan fingerprint density at radius 1 is 0.915 bits per heavy atom. The molecule has 2 aromatic rings. The van der Waals surface area contributed by atoms with E-state index in [4.69, 9.17) is 26.8 Å². The summed E-state index contributed by atoms with van der Waals surface area (Å²) in [7, 11) is 0. The third-order valence-electron chi connectivity index (χ3n) is 12.1. The number of nitrogens with zero attached hydrogens (tertiary/aromatic N) is 5. The molecule has 0 unspecified atom stereocenters. The Labute approximate surface area is 349 Å². The van der Waals surface area contributed by atoms with Gasteiger partial charge < -0.3 is 40.1 Å². The van der Waals surface area contributed by atoms with Crippen LogP contribution in [0, 0.1) is 0 Å². The van der Waals surface area contributed by atoms with E-state index in [1.54, 1.807) is 9.80 Å². The number of nitrogen functional groups attached to an aromatic ring is 1. The van der Waals surface area contributed by atoms with E-state index in [1.807, 2.05) is 24.3 Å². The number of hydrogen-bond acceptors (Lipinski definition) is 9. The molecule has 0 aliphatic carbocycles. The number of benzene rings is 2. The van der Waals surface area contributed by atoms with Crippen LogP contribution in [0.4, 0.5) is 34.1 Å². The highest BCUT2D eigenvalue weighted by Crippen LogP contribution is 2.38. The van der Waals surface area contributed by atoms with E-state index in [9.17, 15) is 32.3 Å². The van der Waals surface area contributed by atoms with Crippen molar-refractivity contribution in [1.82, 2.24) is 24.5 Å². The molecule has 3 fully saturated rings. The zero-order chi connectivity index (χ0) is 42.1. The van der Waals surface area contributed by atoms with Gasteiger partial charge in [-0.3, -0.25) is 14.5 Å². The van der Waals surface area contributed by atoms with Gasteiger partial charge in [-0.2, -0.15) is 13.2 Å². The summed E-state index contributed by atoms with van der Waals surface area (Å²) >= 11 is 6.15. The number of nitrogens with one attached hydrogen (secondary N) is 1. The summed E-state index contributed by atoms with van der Waals surface area (Å²) in [4.78, 5) is 62.6. The second-order valence-electron chi connectivity index (χ2n) is 16.0. The van der Waals surface area contributed by atoms with Crippen molar-refractivity contribution in [2.24, 2.45) is 0 Å². The van der Waals surface area contributed by atoms with E-state index in [2.05, 4.69) is 22.0 Å². The molecule has 0 saturated carbocycles. The van der Waals surface area contributed by atoms with E-state index in [0.717, 1.165) is 69.1 Å². The predicted octanol–water partition coefficient (Wildman–Crippen LogP) is 6.28. The van der Waals surface area contributed by atoms with Gasteiger partial charge in [0.1, 0.15) is 0 Å². The largest absolute Gasteiger partial charge is 0.466 e. The maximum Gasteiger partial charge on any atom is 0.418 e. The third kappa shape index (κ3) is 11.7. The molecule has 59 heavy (non-hydrogen) atoms. The number of ether oxygens (including phenoxy) is 2. The lowest BCUT2D eigenvalue weighted by Crippen LogP contribution is -2.56. The second-order valence-corrected chi connectivity index (χ2v) is 16.4. The first-order valence-electron chi connectivity index (χ1n) is 21.0. The number of alkyl halides is 3. The molecule has 1 atom stereocenters. The maximum absolute atomic E-state index is 14.2. The highest BCUT2D eigenvalue weighted by Gasteiger charge is 2.38. The van der Waals surface area contributed by atoms with E-state index in [0.29, 0.717) is 71.1 Å². The molecule has 2 aromatic carbocycles. The first-order chi connectivity index (χ1) is 28.3. The summed E-state index contributed by atoms with van der Waals surface area (Å²) < 4.78 is 52.9. The fourth-order valence-electron chi connectivity index (χ4n) is 8.58. The predicted molar refractivity (Wildman–Crippen MR) is 218 cm³/mol. The van der Waals surface area contributed by atoms with Crippen LogP contribution in [0.25, 0.3) is 0 Å². The zero-order valence-electron chi connectivity index (χ0n) is 33.8. The van der Waals surface area contributed by atoms with Crippen LogP contribution in [-0.4, -0.2) is 139 Å². The van der Waals surface area contributed by atoms with E-state index >= 15 is 0 Å². The summed E-state index contributed by atoms with van der Waals surface area (Å²) in [6.45, 7) is 8.23. The Morgan fingerprint density at radius 3 is 2.31 bits per heavy atom. The van der Waals surface area contributed by atoms with Gasteiger partial charge in [-0.05, 0) is 93.9 Å². The number of esters is 1. The van der Waals surface area contributed by atoms with Crippen molar-refractivity contribution in [2.45, 2.75) is 95.5 Å². The molecule has 324 valence electrons. The summed E-state index contributed by atoms with van der Waals surface area (Å²) in [6, 6.07) is 9.84. The molecule has 4 aliphatic heterocycles. The summed E-state index contributed by atoms with van der Waals surface area (Å²) in [5.74, 6) is -0.633. The van der Waals surface area contributed by atoms with Crippen LogP contribution in [0.3, 0.4) is 0 Å². The van der Waals surface area contributed by atoms with Crippen LogP contribution in [0.1, 0.15) is 75.0 Å². The molecule has 6 rings (SSSR count). The molecule has 4 aliphatic rings. The van der Waals surface area contributed by atoms with Crippen LogP contribution < -0.4 is 11.1 Å². The average Bonchev–Trinajstić information content (AvgIpc) is 3.39. The molecule has 0 spiro atoms. The van der Waals surface area contributed by atoms with Crippen molar-refractivity contribution in [3.8, 4) is 0 Å². The number of fused-ring (bicyclic) bond motifs is 1. The fourth-order valence-corrected chi connectivity index (χ4v) is 8.82. The molecule has 0 bridgehead atoms. The monoisotopic (exact) mass is 847 g/mol. The average molecular weight is 848 g/mol. The van der Waals surface area contributed by atoms with Crippen molar-refractivity contribution in [2.75, 3.05) is 83.1 Å². The van der Waals surface area contributed by atoms with Crippen molar-refractivity contribution in [1.29, 1.82) is 0 Å².